The minimum absolute atomic E-state index is 0.362. The molecule has 0 saturated heterocycles. The van der Waals surface area contributed by atoms with Crippen LogP contribution in [0.1, 0.15) is 46.5 Å². The van der Waals surface area contributed by atoms with Crippen LogP contribution >= 0.6 is 0 Å². The SMILES string of the molecule is CC(C)CN(CC(C)(C#N)NC1CC1)C1CC1. The summed E-state index contributed by atoms with van der Waals surface area (Å²) in [6, 6.07) is 3.82. The van der Waals surface area contributed by atoms with Crippen molar-refractivity contribution in [3.05, 3.63) is 0 Å². The highest BCUT2D eigenvalue weighted by molar-refractivity contribution is 5.10. The normalized spacial score (nSPS) is 23.8. The maximum atomic E-state index is 9.41. The predicted molar refractivity (Wildman–Crippen MR) is 69.6 cm³/mol. The molecule has 0 aromatic rings. The Labute approximate surface area is 105 Å². The van der Waals surface area contributed by atoms with Crippen LogP contribution < -0.4 is 5.32 Å². The van der Waals surface area contributed by atoms with E-state index in [1.54, 1.807) is 0 Å². The van der Waals surface area contributed by atoms with Gasteiger partial charge in [0.25, 0.3) is 0 Å². The zero-order chi connectivity index (χ0) is 12.5. The van der Waals surface area contributed by atoms with E-state index in [1.807, 2.05) is 0 Å². The fourth-order valence-electron chi connectivity index (χ4n) is 2.45. The van der Waals surface area contributed by atoms with Gasteiger partial charge in [0.15, 0.2) is 0 Å². The molecular weight excluding hydrogens is 210 g/mol. The zero-order valence-electron chi connectivity index (χ0n) is 11.4. The molecule has 0 aromatic heterocycles. The quantitative estimate of drug-likeness (QED) is 0.735. The monoisotopic (exact) mass is 235 g/mol. The maximum absolute atomic E-state index is 9.41. The Morgan fingerprint density at radius 1 is 1.35 bits per heavy atom. The van der Waals surface area contributed by atoms with Crippen LogP contribution in [0.4, 0.5) is 0 Å². The van der Waals surface area contributed by atoms with E-state index in [4.69, 9.17) is 0 Å². The Morgan fingerprint density at radius 2 is 2.00 bits per heavy atom. The number of hydrogen-bond donors (Lipinski definition) is 1. The van der Waals surface area contributed by atoms with E-state index in [-0.39, 0.29) is 5.54 Å². The Hall–Kier alpha value is -0.590. The number of hydrogen-bond acceptors (Lipinski definition) is 3. The maximum Gasteiger partial charge on any atom is 0.116 e. The van der Waals surface area contributed by atoms with E-state index in [2.05, 4.69) is 37.1 Å². The van der Waals surface area contributed by atoms with Crippen LogP contribution in [0.5, 0.6) is 0 Å². The van der Waals surface area contributed by atoms with Crippen molar-refractivity contribution in [2.45, 2.75) is 64.1 Å². The van der Waals surface area contributed by atoms with Crippen LogP contribution in [-0.2, 0) is 0 Å². The molecule has 2 aliphatic carbocycles. The summed E-state index contributed by atoms with van der Waals surface area (Å²) in [4.78, 5) is 2.52. The van der Waals surface area contributed by atoms with Crippen molar-refractivity contribution in [2.75, 3.05) is 13.1 Å². The van der Waals surface area contributed by atoms with Crippen molar-refractivity contribution in [2.24, 2.45) is 5.92 Å². The highest BCUT2D eigenvalue weighted by atomic mass is 15.2. The fraction of sp³-hybridized carbons (Fsp3) is 0.929. The molecule has 3 nitrogen and oxygen atoms in total. The zero-order valence-corrected chi connectivity index (χ0v) is 11.4. The Morgan fingerprint density at radius 3 is 2.41 bits per heavy atom. The smallest absolute Gasteiger partial charge is 0.116 e. The van der Waals surface area contributed by atoms with Gasteiger partial charge in [-0.2, -0.15) is 5.26 Å². The van der Waals surface area contributed by atoms with E-state index >= 15 is 0 Å². The second-order valence-electron chi connectivity index (χ2n) is 6.42. The Kier molecular flexibility index (Phi) is 3.75. The van der Waals surface area contributed by atoms with Crippen LogP contribution in [0.2, 0.25) is 0 Å². The molecule has 3 heteroatoms. The predicted octanol–water partition coefficient (Wildman–Crippen LogP) is 2.14. The summed E-state index contributed by atoms with van der Waals surface area (Å²) in [7, 11) is 0. The van der Waals surface area contributed by atoms with Crippen LogP contribution in [0.25, 0.3) is 0 Å². The van der Waals surface area contributed by atoms with Gasteiger partial charge in [-0.05, 0) is 38.5 Å². The molecule has 0 aromatic carbocycles. The molecule has 1 unspecified atom stereocenters. The summed E-state index contributed by atoms with van der Waals surface area (Å²) in [5.41, 5.74) is -0.362. The van der Waals surface area contributed by atoms with Gasteiger partial charge in [0.1, 0.15) is 5.54 Å². The van der Waals surface area contributed by atoms with E-state index in [0.29, 0.717) is 12.0 Å². The van der Waals surface area contributed by atoms with Crippen molar-refractivity contribution in [3.63, 3.8) is 0 Å². The second kappa shape index (κ2) is 4.96. The third kappa shape index (κ3) is 3.97. The Balaban J connectivity index is 1.91. The lowest BCUT2D eigenvalue weighted by Gasteiger charge is -2.32. The van der Waals surface area contributed by atoms with Crippen LogP contribution in [0, 0.1) is 17.2 Å². The van der Waals surface area contributed by atoms with Crippen molar-refractivity contribution >= 4 is 0 Å². The minimum atomic E-state index is -0.362. The number of nitrogens with one attached hydrogen (secondary N) is 1. The summed E-state index contributed by atoms with van der Waals surface area (Å²) >= 11 is 0. The van der Waals surface area contributed by atoms with Crippen LogP contribution in [0.3, 0.4) is 0 Å². The largest absolute Gasteiger partial charge is 0.297 e. The molecule has 0 radical (unpaired) electrons. The molecule has 2 rings (SSSR count). The summed E-state index contributed by atoms with van der Waals surface area (Å²) in [5, 5.41) is 12.9. The molecule has 2 fully saturated rings. The highest BCUT2D eigenvalue weighted by Crippen LogP contribution is 2.30. The average Bonchev–Trinajstić information content (AvgIpc) is 3.10. The van der Waals surface area contributed by atoms with Gasteiger partial charge in [0.2, 0.25) is 0 Å². The molecule has 0 heterocycles. The first-order valence-corrected chi connectivity index (χ1v) is 6.95. The van der Waals surface area contributed by atoms with Gasteiger partial charge in [-0.3, -0.25) is 10.2 Å². The molecule has 0 aliphatic heterocycles. The molecule has 1 N–H and O–H groups in total. The second-order valence-corrected chi connectivity index (χ2v) is 6.42. The lowest BCUT2D eigenvalue weighted by atomic mass is 10.0. The first-order valence-electron chi connectivity index (χ1n) is 6.95. The van der Waals surface area contributed by atoms with Crippen molar-refractivity contribution in [1.82, 2.24) is 10.2 Å². The van der Waals surface area contributed by atoms with E-state index in [1.165, 1.54) is 25.7 Å². The van der Waals surface area contributed by atoms with Gasteiger partial charge in [0, 0.05) is 25.2 Å². The Bertz CT molecular complexity index is 299. The molecule has 0 spiro atoms. The molecular formula is C14H25N3. The lowest BCUT2D eigenvalue weighted by Crippen LogP contribution is -2.52. The highest BCUT2D eigenvalue weighted by Gasteiger charge is 2.38. The van der Waals surface area contributed by atoms with Crippen molar-refractivity contribution < 1.29 is 0 Å². The minimum Gasteiger partial charge on any atom is -0.297 e. The van der Waals surface area contributed by atoms with Gasteiger partial charge in [-0.15, -0.1) is 0 Å². The number of nitrogens with zero attached hydrogens (tertiary/aromatic N) is 2. The molecule has 2 saturated carbocycles. The summed E-state index contributed by atoms with van der Waals surface area (Å²) in [6.07, 6.45) is 5.12. The van der Waals surface area contributed by atoms with E-state index in [0.717, 1.165) is 19.1 Å². The van der Waals surface area contributed by atoms with E-state index in [9.17, 15) is 5.26 Å². The summed E-state index contributed by atoms with van der Waals surface area (Å²) in [6.45, 7) is 8.57. The summed E-state index contributed by atoms with van der Waals surface area (Å²) in [5.74, 6) is 0.680. The fourth-order valence-corrected chi connectivity index (χ4v) is 2.45. The van der Waals surface area contributed by atoms with Gasteiger partial charge in [-0.1, -0.05) is 13.8 Å². The number of nitriles is 1. The lowest BCUT2D eigenvalue weighted by molar-refractivity contribution is 0.189. The molecule has 17 heavy (non-hydrogen) atoms. The van der Waals surface area contributed by atoms with Crippen LogP contribution in [-0.4, -0.2) is 35.6 Å². The average molecular weight is 235 g/mol. The molecule has 0 bridgehead atoms. The third-order valence-electron chi connectivity index (χ3n) is 3.53. The molecule has 1 atom stereocenters. The third-order valence-corrected chi connectivity index (χ3v) is 3.53. The van der Waals surface area contributed by atoms with Gasteiger partial charge >= 0.3 is 0 Å². The van der Waals surface area contributed by atoms with E-state index < -0.39 is 0 Å². The number of rotatable bonds is 7. The van der Waals surface area contributed by atoms with Gasteiger partial charge < -0.3 is 0 Å². The summed E-state index contributed by atoms with van der Waals surface area (Å²) < 4.78 is 0. The van der Waals surface area contributed by atoms with Gasteiger partial charge in [0.05, 0.1) is 6.07 Å². The van der Waals surface area contributed by atoms with Crippen molar-refractivity contribution in [1.29, 1.82) is 5.26 Å². The van der Waals surface area contributed by atoms with Crippen molar-refractivity contribution in [3.8, 4) is 6.07 Å². The molecule has 0 amide bonds. The standard InChI is InChI=1S/C14H25N3/c1-11(2)8-17(13-6-7-13)10-14(3,9-15)16-12-4-5-12/h11-13,16H,4-8,10H2,1-3H3. The molecule has 96 valence electrons. The van der Waals surface area contributed by atoms with Gasteiger partial charge in [-0.25, -0.2) is 0 Å². The first kappa shape index (κ1) is 12.9. The molecule has 2 aliphatic rings. The topological polar surface area (TPSA) is 39.1 Å². The van der Waals surface area contributed by atoms with Crippen LogP contribution in [0.15, 0.2) is 0 Å². The first-order chi connectivity index (χ1) is 8.02.